The zero-order chi connectivity index (χ0) is 16.6. The van der Waals surface area contributed by atoms with E-state index in [4.69, 9.17) is 4.84 Å². The lowest BCUT2D eigenvalue weighted by atomic mass is 10.0. The van der Waals surface area contributed by atoms with Gasteiger partial charge in [0, 0.05) is 23.5 Å². The molecule has 0 aliphatic rings. The first kappa shape index (κ1) is 15.6. The van der Waals surface area contributed by atoms with E-state index in [1.807, 2.05) is 72.8 Å². The van der Waals surface area contributed by atoms with Gasteiger partial charge in [-0.05, 0) is 17.7 Å². The Kier molecular flexibility index (Phi) is 5.10. The van der Waals surface area contributed by atoms with Crippen molar-refractivity contribution in [2.24, 2.45) is 5.16 Å². The summed E-state index contributed by atoms with van der Waals surface area (Å²) >= 11 is 0. The average Bonchev–Trinajstić information content (AvgIpc) is 2.64. The molecule has 0 spiro atoms. The molecule has 3 aromatic rings. The van der Waals surface area contributed by atoms with Gasteiger partial charge in [-0.15, -0.1) is 0 Å². The van der Waals surface area contributed by atoms with Gasteiger partial charge in [-0.2, -0.15) is 0 Å². The Bertz CT molecular complexity index is 775. The van der Waals surface area contributed by atoms with E-state index < -0.39 is 5.97 Å². The summed E-state index contributed by atoms with van der Waals surface area (Å²) in [5.74, 6) is -0.404. The Hall–Kier alpha value is -3.27. The fourth-order valence-corrected chi connectivity index (χ4v) is 2.26. The minimum Gasteiger partial charge on any atom is -0.317 e. The van der Waals surface area contributed by atoms with Crippen molar-refractivity contribution >= 4 is 11.7 Å². The molecule has 0 saturated carbocycles. The Morgan fingerprint density at radius 3 is 2.21 bits per heavy atom. The lowest BCUT2D eigenvalue weighted by Gasteiger charge is -2.06. The van der Waals surface area contributed by atoms with E-state index in [0.29, 0.717) is 5.71 Å². The summed E-state index contributed by atoms with van der Waals surface area (Å²) < 4.78 is 0. The van der Waals surface area contributed by atoms with Gasteiger partial charge >= 0.3 is 5.97 Å². The fourth-order valence-electron chi connectivity index (χ4n) is 2.26. The minimum atomic E-state index is -0.404. The molecule has 1 aromatic heterocycles. The van der Waals surface area contributed by atoms with Gasteiger partial charge in [-0.3, -0.25) is 4.98 Å². The molecule has 24 heavy (non-hydrogen) atoms. The molecule has 0 aliphatic heterocycles. The van der Waals surface area contributed by atoms with Gasteiger partial charge in [0.2, 0.25) is 0 Å². The van der Waals surface area contributed by atoms with Gasteiger partial charge in [0.1, 0.15) is 5.71 Å². The molecule has 4 nitrogen and oxygen atoms in total. The Balaban J connectivity index is 1.81. The van der Waals surface area contributed by atoms with Crippen LogP contribution >= 0.6 is 0 Å². The maximum absolute atomic E-state index is 12.0. The molecule has 1 heterocycles. The molecule has 0 atom stereocenters. The molecular weight excluding hydrogens is 300 g/mol. The van der Waals surface area contributed by atoms with E-state index in [2.05, 4.69) is 10.1 Å². The highest BCUT2D eigenvalue weighted by molar-refractivity contribution is 6.12. The SMILES string of the molecule is O=C(Cc1ccccc1)O/N=C(/c1ccccc1)c1cccnc1. The second-order valence-electron chi connectivity index (χ2n) is 5.17. The molecule has 0 amide bonds. The number of aromatic nitrogens is 1. The van der Waals surface area contributed by atoms with E-state index in [0.717, 1.165) is 16.7 Å². The number of rotatable bonds is 5. The van der Waals surface area contributed by atoms with Crippen molar-refractivity contribution < 1.29 is 9.63 Å². The maximum Gasteiger partial charge on any atom is 0.339 e. The summed E-state index contributed by atoms with van der Waals surface area (Å²) in [4.78, 5) is 21.3. The summed E-state index contributed by atoms with van der Waals surface area (Å²) in [6, 6.07) is 22.7. The van der Waals surface area contributed by atoms with Crippen molar-refractivity contribution in [1.29, 1.82) is 0 Å². The first-order valence-corrected chi connectivity index (χ1v) is 7.60. The smallest absolute Gasteiger partial charge is 0.317 e. The predicted molar refractivity (Wildman–Crippen MR) is 92.6 cm³/mol. The molecule has 0 radical (unpaired) electrons. The van der Waals surface area contributed by atoms with Gasteiger partial charge in [0.25, 0.3) is 0 Å². The zero-order valence-corrected chi connectivity index (χ0v) is 13.0. The highest BCUT2D eigenvalue weighted by Crippen LogP contribution is 2.11. The second-order valence-corrected chi connectivity index (χ2v) is 5.17. The number of benzene rings is 2. The third kappa shape index (κ3) is 4.14. The summed E-state index contributed by atoms with van der Waals surface area (Å²) in [5, 5.41) is 4.09. The second kappa shape index (κ2) is 7.83. The molecule has 118 valence electrons. The van der Waals surface area contributed by atoms with Gasteiger partial charge in [-0.25, -0.2) is 4.79 Å². The fraction of sp³-hybridized carbons (Fsp3) is 0.0500. The van der Waals surface area contributed by atoms with E-state index in [1.54, 1.807) is 12.4 Å². The molecule has 0 aliphatic carbocycles. The summed E-state index contributed by atoms with van der Waals surface area (Å²) in [6.07, 6.45) is 3.56. The van der Waals surface area contributed by atoms with Gasteiger partial charge in [-0.1, -0.05) is 65.8 Å². The zero-order valence-electron chi connectivity index (χ0n) is 13.0. The number of nitrogens with zero attached hydrogens (tertiary/aromatic N) is 2. The summed E-state index contributed by atoms with van der Waals surface area (Å²) in [5.41, 5.74) is 3.11. The van der Waals surface area contributed by atoms with Crippen molar-refractivity contribution in [3.63, 3.8) is 0 Å². The van der Waals surface area contributed by atoms with Crippen LogP contribution in [0, 0.1) is 0 Å². The topological polar surface area (TPSA) is 51.5 Å². The van der Waals surface area contributed by atoms with Gasteiger partial charge in [0.05, 0.1) is 6.42 Å². The third-order valence-electron chi connectivity index (χ3n) is 3.41. The molecule has 4 heteroatoms. The van der Waals surface area contributed by atoms with E-state index >= 15 is 0 Å². The van der Waals surface area contributed by atoms with Crippen molar-refractivity contribution in [2.75, 3.05) is 0 Å². The number of hydrogen-bond donors (Lipinski definition) is 0. The molecular formula is C20H16N2O2. The molecule has 0 saturated heterocycles. The van der Waals surface area contributed by atoms with Crippen molar-refractivity contribution in [3.05, 3.63) is 102 Å². The molecule has 0 fully saturated rings. The number of carbonyl (C=O) groups is 1. The van der Waals surface area contributed by atoms with Crippen LogP contribution in [0.4, 0.5) is 0 Å². The van der Waals surface area contributed by atoms with E-state index in [9.17, 15) is 4.79 Å². The molecule has 3 rings (SSSR count). The van der Waals surface area contributed by atoms with Crippen molar-refractivity contribution in [1.82, 2.24) is 4.98 Å². The largest absolute Gasteiger partial charge is 0.339 e. The summed E-state index contributed by atoms with van der Waals surface area (Å²) in [6.45, 7) is 0. The van der Waals surface area contributed by atoms with Crippen LogP contribution in [0.25, 0.3) is 0 Å². The minimum absolute atomic E-state index is 0.180. The van der Waals surface area contributed by atoms with Gasteiger partial charge < -0.3 is 4.84 Å². The third-order valence-corrected chi connectivity index (χ3v) is 3.41. The first-order valence-electron chi connectivity index (χ1n) is 7.60. The van der Waals surface area contributed by atoms with Crippen LogP contribution in [0.15, 0.2) is 90.3 Å². The first-order chi connectivity index (χ1) is 11.8. The number of carbonyl (C=O) groups excluding carboxylic acids is 1. The Morgan fingerprint density at radius 1 is 0.875 bits per heavy atom. The standard InChI is InChI=1S/C20H16N2O2/c23-19(14-16-8-3-1-4-9-16)24-22-20(17-10-5-2-6-11-17)18-12-7-13-21-15-18/h1-13,15H,14H2/b22-20-. The van der Waals surface area contributed by atoms with Gasteiger partial charge in [0.15, 0.2) is 0 Å². The monoisotopic (exact) mass is 316 g/mol. The number of oxime groups is 1. The average molecular weight is 316 g/mol. The number of hydrogen-bond acceptors (Lipinski definition) is 4. The molecule has 0 N–H and O–H groups in total. The van der Waals surface area contributed by atoms with Crippen LogP contribution in [0.1, 0.15) is 16.7 Å². The van der Waals surface area contributed by atoms with Crippen LogP contribution in [0.2, 0.25) is 0 Å². The molecule has 2 aromatic carbocycles. The van der Waals surface area contributed by atoms with Crippen LogP contribution in [-0.4, -0.2) is 16.7 Å². The lowest BCUT2D eigenvalue weighted by Crippen LogP contribution is -2.09. The van der Waals surface area contributed by atoms with Crippen molar-refractivity contribution in [3.8, 4) is 0 Å². The lowest BCUT2D eigenvalue weighted by molar-refractivity contribution is -0.142. The predicted octanol–water partition coefficient (Wildman–Crippen LogP) is 3.62. The van der Waals surface area contributed by atoms with E-state index in [-0.39, 0.29) is 6.42 Å². The van der Waals surface area contributed by atoms with Crippen molar-refractivity contribution in [2.45, 2.75) is 6.42 Å². The molecule has 0 unspecified atom stereocenters. The normalized spacial score (nSPS) is 11.1. The Labute approximate surface area is 140 Å². The number of pyridine rings is 1. The van der Waals surface area contributed by atoms with Crippen LogP contribution in [0.3, 0.4) is 0 Å². The molecule has 0 bridgehead atoms. The van der Waals surface area contributed by atoms with E-state index in [1.165, 1.54) is 0 Å². The maximum atomic E-state index is 12.0. The Morgan fingerprint density at radius 2 is 1.54 bits per heavy atom. The highest BCUT2D eigenvalue weighted by atomic mass is 16.7. The van der Waals surface area contributed by atoms with Crippen LogP contribution < -0.4 is 0 Å². The highest BCUT2D eigenvalue weighted by Gasteiger charge is 2.10. The summed E-state index contributed by atoms with van der Waals surface area (Å²) in [7, 11) is 0. The van der Waals surface area contributed by atoms with Crippen LogP contribution in [0.5, 0.6) is 0 Å². The quantitative estimate of drug-likeness (QED) is 0.410. The van der Waals surface area contributed by atoms with Crippen LogP contribution in [-0.2, 0) is 16.1 Å².